The van der Waals surface area contributed by atoms with Gasteiger partial charge in [-0.3, -0.25) is 14.5 Å². The third-order valence-corrected chi connectivity index (χ3v) is 4.98. The fraction of sp³-hybridized carbons (Fsp3) is 0.867. The van der Waals surface area contributed by atoms with Crippen molar-refractivity contribution < 1.29 is 9.59 Å². The van der Waals surface area contributed by atoms with Crippen LogP contribution in [0.5, 0.6) is 0 Å². The molecule has 0 aliphatic carbocycles. The van der Waals surface area contributed by atoms with Gasteiger partial charge in [0.15, 0.2) is 0 Å². The van der Waals surface area contributed by atoms with Crippen molar-refractivity contribution in [2.75, 3.05) is 32.7 Å². The van der Waals surface area contributed by atoms with Gasteiger partial charge < -0.3 is 16.0 Å². The van der Waals surface area contributed by atoms with Crippen molar-refractivity contribution in [1.82, 2.24) is 15.1 Å². The van der Waals surface area contributed by atoms with E-state index in [9.17, 15) is 9.59 Å². The van der Waals surface area contributed by atoms with Crippen LogP contribution < -0.4 is 11.1 Å². The van der Waals surface area contributed by atoms with Crippen LogP contribution in [0, 0.1) is 5.92 Å². The van der Waals surface area contributed by atoms with Crippen LogP contribution in [0.4, 0.5) is 0 Å². The smallest absolute Gasteiger partial charge is 0.242 e. The average molecular weight is 296 g/mol. The predicted octanol–water partition coefficient (Wildman–Crippen LogP) is -0.217. The molecule has 0 bridgehead atoms. The second kappa shape index (κ2) is 6.32. The summed E-state index contributed by atoms with van der Waals surface area (Å²) in [6.45, 7) is 10.1. The fourth-order valence-corrected chi connectivity index (χ4v) is 3.33. The molecule has 2 amide bonds. The summed E-state index contributed by atoms with van der Waals surface area (Å²) < 4.78 is 0. The minimum Gasteiger partial charge on any atom is -0.369 e. The zero-order chi connectivity index (χ0) is 15.6. The Morgan fingerprint density at radius 2 is 1.81 bits per heavy atom. The molecule has 2 fully saturated rings. The standard InChI is InChI=1S/C15H28N4O2/c1-11-4-5-12(13(16)20)10-19(11)14(21)15(2,3)18-8-6-17-7-9-18/h11-12,17H,4-10H2,1-3H3,(H2,16,20). The van der Waals surface area contributed by atoms with Crippen LogP contribution in [0.25, 0.3) is 0 Å². The van der Waals surface area contributed by atoms with Crippen molar-refractivity contribution >= 4 is 11.8 Å². The van der Waals surface area contributed by atoms with Gasteiger partial charge >= 0.3 is 0 Å². The fourth-order valence-electron chi connectivity index (χ4n) is 3.33. The molecule has 21 heavy (non-hydrogen) atoms. The highest BCUT2D eigenvalue weighted by molar-refractivity contribution is 5.87. The highest BCUT2D eigenvalue weighted by Gasteiger charge is 2.42. The molecule has 6 heteroatoms. The predicted molar refractivity (Wildman–Crippen MR) is 81.6 cm³/mol. The average Bonchev–Trinajstić information content (AvgIpc) is 2.47. The molecule has 0 aromatic carbocycles. The van der Waals surface area contributed by atoms with Crippen LogP contribution in [0.1, 0.15) is 33.6 Å². The monoisotopic (exact) mass is 296 g/mol. The summed E-state index contributed by atoms with van der Waals surface area (Å²) in [5.41, 5.74) is 4.90. The van der Waals surface area contributed by atoms with E-state index >= 15 is 0 Å². The molecule has 0 saturated carbocycles. The largest absolute Gasteiger partial charge is 0.369 e. The summed E-state index contributed by atoms with van der Waals surface area (Å²) >= 11 is 0. The molecule has 2 heterocycles. The Labute approximate surface area is 127 Å². The Hall–Kier alpha value is -1.14. The maximum absolute atomic E-state index is 13.0. The highest BCUT2D eigenvalue weighted by Crippen LogP contribution is 2.27. The van der Waals surface area contributed by atoms with Gasteiger partial charge in [0.1, 0.15) is 0 Å². The maximum atomic E-state index is 13.0. The minimum absolute atomic E-state index is 0.114. The van der Waals surface area contributed by atoms with E-state index in [-0.39, 0.29) is 23.8 Å². The molecule has 2 unspecified atom stereocenters. The van der Waals surface area contributed by atoms with E-state index in [4.69, 9.17) is 5.73 Å². The number of nitrogens with zero attached hydrogens (tertiary/aromatic N) is 2. The maximum Gasteiger partial charge on any atom is 0.242 e. The van der Waals surface area contributed by atoms with Gasteiger partial charge in [-0.25, -0.2) is 0 Å². The van der Waals surface area contributed by atoms with Crippen LogP contribution in [0.3, 0.4) is 0 Å². The first-order valence-corrected chi connectivity index (χ1v) is 7.90. The number of piperidine rings is 1. The first-order chi connectivity index (χ1) is 9.84. The van der Waals surface area contributed by atoms with E-state index in [1.165, 1.54) is 0 Å². The van der Waals surface area contributed by atoms with Crippen molar-refractivity contribution in [3.8, 4) is 0 Å². The molecular formula is C15H28N4O2. The number of likely N-dealkylation sites (tertiary alicyclic amines) is 1. The second-order valence-corrected chi connectivity index (χ2v) is 6.78. The van der Waals surface area contributed by atoms with Gasteiger partial charge in [0.2, 0.25) is 11.8 Å². The number of carbonyl (C=O) groups is 2. The Kier molecular flexibility index (Phi) is 4.88. The molecule has 2 aliphatic heterocycles. The van der Waals surface area contributed by atoms with Gasteiger partial charge in [-0.05, 0) is 33.6 Å². The van der Waals surface area contributed by atoms with Crippen LogP contribution >= 0.6 is 0 Å². The van der Waals surface area contributed by atoms with Crippen LogP contribution in [-0.4, -0.2) is 65.9 Å². The van der Waals surface area contributed by atoms with Crippen molar-refractivity contribution in [2.45, 2.75) is 45.2 Å². The molecule has 0 aromatic rings. The van der Waals surface area contributed by atoms with Crippen LogP contribution in [0.15, 0.2) is 0 Å². The Bertz CT molecular complexity index is 404. The van der Waals surface area contributed by atoms with Gasteiger partial charge in [0.25, 0.3) is 0 Å². The molecule has 2 aliphatic rings. The highest BCUT2D eigenvalue weighted by atomic mass is 16.2. The van der Waals surface area contributed by atoms with Gasteiger partial charge in [0.05, 0.1) is 11.5 Å². The first kappa shape index (κ1) is 16.2. The Balaban J connectivity index is 2.10. The van der Waals surface area contributed by atoms with Crippen LogP contribution in [0.2, 0.25) is 0 Å². The van der Waals surface area contributed by atoms with Crippen molar-refractivity contribution in [3.63, 3.8) is 0 Å². The number of hydrogen-bond donors (Lipinski definition) is 2. The van der Waals surface area contributed by atoms with Crippen LogP contribution in [-0.2, 0) is 9.59 Å². The Morgan fingerprint density at radius 1 is 1.19 bits per heavy atom. The van der Waals surface area contributed by atoms with Crippen molar-refractivity contribution in [1.29, 1.82) is 0 Å². The molecule has 0 aromatic heterocycles. The molecular weight excluding hydrogens is 268 g/mol. The number of amides is 2. The molecule has 2 atom stereocenters. The molecule has 120 valence electrons. The van der Waals surface area contributed by atoms with E-state index in [1.54, 1.807) is 0 Å². The lowest BCUT2D eigenvalue weighted by Crippen LogP contribution is -2.63. The summed E-state index contributed by atoms with van der Waals surface area (Å²) in [6, 6.07) is 0.176. The van der Waals surface area contributed by atoms with Gasteiger partial charge in [-0.2, -0.15) is 0 Å². The van der Waals surface area contributed by atoms with Crippen molar-refractivity contribution in [2.24, 2.45) is 11.7 Å². The first-order valence-electron chi connectivity index (χ1n) is 7.90. The number of nitrogens with one attached hydrogen (secondary N) is 1. The lowest BCUT2D eigenvalue weighted by molar-refractivity contribution is -0.148. The summed E-state index contributed by atoms with van der Waals surface area (Å²) in [5, 5.41) is 3.31. The van der Waals surface area contributed by atoms with E-state index in [2.05, 4.69) is 17.1 Å². The summed E-state index contributed by atoms with van der Waals surface area (Å²) in [5.74, 6) is -0.383. The zero-order valence-corrected chi connectivity index (χ0v) is 13.4. The number of hydrogen-bond acceptors (Lipinski definition) is 4. The SMILES string of the molecule is CC1CCC(C(N)=O)CN1C(=O)C(C)(C)N1CCNCC1. The summed E-state index contributed by atoms with van der Waals surface area (Å²) in [7, 11) is 0. The van der Waals surface area contributed by atoms with E-state index in [0.717, 1.165) is 39.0 Å². The number of rotatable bonds is 3. The lowest BCUT2D eigenvalue weighted by atomic mass is 9.90. The van der Waals surface area contributed by atoms with Gasteiger partial charge in [-0.1, -0.05) is 0 Å². The molecule has 2 saturated heterocycles. The van der Waals surface area contributed by atoms with E-state index in [0.29, 0.717) is 6.54 Å². The van der Waals surface area contributed by atoms with Gasteiger partial charge in [0, 0.05) is 38.8 Å². The number of nitrogens with two attached hydrogens (primary N) is 1. The third kappa shape index (κ3) is 3.37. The molecule has 6 nitrogen and oxygen atoms in total. The van der Waals surface area contributed by atoms with E-state index < -0.39 is 5.54 Å². The normalized spacial score (nSPS) is 28.4. The quantitative estimate of drug-likeness (QED) is 0.755. The Morgan fingerprint density at radius 3 is 2.38 bits per heavy atom. The third-order valence-electron chi connectivity index (χ3n) is 4.98. The number of carbonyl (C=O) groups excluding carboxylic acids is 2. The van der Waals surface area contributed by atoms with Crippen molar-refractivity contribution in [3.05, 3.63) is 0 Å². The number of piperazine rings is 1. The zero-order valence-electron chi connectivity index (χ0n) is 13.4. The molecule has 0 spiro atoms. The summed E-state index contributed by atoms with van der Waals surface area (Å²) in [4.78, 5) is 28.5. The minimum atomic E-state index is -0.532. The van der Waals surface area contributed by atoms with Gasteiger partial charge in [-0.15, -0.1) is 0 Å². The summed E-state index contributed by atoms with van der Waals surface area (Å²) in [6.07, 6.45) is 1.63. The topological polar surface area (TPSA) is 78.7 Å². The second-order valence-electron chi connectivity index (χ2n) is 6.78. The van der Waals surface area contributed by atoms with E-state index in [1.807, 2.05) is 18.7 Å². The molecule has 0 radical (unpaired) electrons. The molecule has 3 N–H and O–H groups in total. The number of primary amides is 1. The molecule has 2 rings (SSSR count). The lowest BCUT2D eigenvalue weighted by Gasteiger charge is -2.46.